The van der Waals surface area contributed by atoms with E-state index in [1.807, 2.05) is 52.2 Å². The molecular weight excluding hydrogens is 442 g/mol. The van der Waals surface area contributed by atoms with Crippen LogP contribution in [0.4, 0.5) is 0 Å². The van der Waals surface area contributed by atoms with Gasteiger partial charge in [0, 0.05) is 30.0 Å². The van der Waals surface area contributed by atoms with Crippen molar-refractivity contribution in [1.29, 1.82) is 0 Å². The molecule has 9 heteroatoms. The van der Waals surface area contributed by atoms with Gasteiger partial charge in [-0.25, -0.2) is 9.67 Å². The van der Waals surface area contributed by atoms with Crippen molar-refractivity contribution in [2.75, 3.05) is 13.2 Å². The second-order valence-electron chi connectivity index (χ2n) is 8.86. The molecule has 178 valence electrons. The molecule has 0 amide bonds. The van der Waals surface area contributed by atoms with Crippen LogP contribution in [-0.2, 0) is 16.0 Å². The lowest BCUT2D eigenvalue weighted by molar-refractivity contribution is -0.163. The summed E-state index contributed by atoms with van der Waals surface area (Å²) in [5.74, 6) is 0. The Morgan fingerprint density at radius 3 is 3.00 bits per heavy atom. The molecule has 1 saturated heterocycles. The maximum atomic E-state index is 5.84. The van der Waals surface area contributed by atoms with Gasteiger partial charge in [-0.3, -0.25) is 9.67 Å². The molecule has 2 atom stereocenters. The van der Waals surface area contributed by atoms with Crippen molar-refractivity contribution in [1.82, 2.24) is 34.7 Å². The third-order valence-corrected chi connectivity index (χ3v) is 6.49. The van der Waals surface area contributed by atoms with Gasteiger partial charge in [-0.1, -0.05) is 17.3 Å². The van der Waals surface area contributed by atoms with Crippen LogP contribution in [0, 0.1) is 0 Å². The minimum absolute atomic E-state index is 0.0331. The average molecular weight is 470 g/mol. The van der Waals surface area contributed by atoms with Gasteiger partial charge in [-0.2, -0.15) is 5.10 Å². The van der Waals surface area contributed by atoms with E-state index in [-0.39, 0.29) is 12.3 Å². The predicted molar refractivity (Wildman–Crippen MR) is 132 cm³/mol. The summed E-state index contributed by atoms with van der Waals surface area (Å²) in [6, 6.07) is 14.2. The lowest BCUT2D eigenvalue weighted by Gasteiger charge is -2.22. The van der Waals surface area contributed by atoms with E-state index in [1.54, 1.807) is 0 Å². The Bertz CT molecular complexity index is 1450. The van der Waals surface area contributed by atoms with Crippen molar-refractivity contribution in [2.45, 2.75) is 45.1 Å². The highest BCUT2D eigenvalue weighted by molar-refractivity contribution is 5.79. The number of aromatic nitrogens is 7. The van der Waals surface area contributed by atoms with Crippen molar-refractivity contribution in [3.05, 3.63) is 66.6 Å². The van der Waals surface area contributed by atoms with E-state index in [2.05, 4.69) is 45.5 Å². The molecule has 1 aliphatic rings. The summed E-state index contributed by atoms with van der Waals surface area (Å²) in [5.41, 5.74) is 5.38. The maximum Gasteiger partial charge on any atom is 0.179 e. The Labute approximate surface area is 202 Å². The molecule has 0 aliphatic carbocycles. The van der Waals surface area contributed by atoms with Crippen molar-refractivity contribution in [3.63, 3.8) is 0 Å². The number of nitrogens with zero attached hydrogens (tertiary/aromatic N) is 7. The fourth-order valence-electron chi connectivity index (χ4n) is 4.48. The number of ether oxygens (including phenoxy) is 2. The Morgan fingerprint density at radius 1 is 1.14 bits per heavy atom. The van der Waals surface area contributed by atoms with Crippen molar-refractivity contribution >= 4 is 22.1 Å². The summed E-state index contributed by atoms with van der Waals surface area (Å²) in [6.07, 6.45) is 8.79. The van der Waals surface area contributed by atoms with E-state index in [9.17, 15) is 0 Å². The van der Waals surface area contributed by atoms with Gasteiger partial charge in [0.2, 0.25) is 0 Å². The SMILES string of the molecule is CC(c1ccc2ncccc2c1)n1nnc2ccc(-c3cnn(CCOC4CCCCO4)c3)nc21. The van der Waals surface area contributed by atoms with Crippen LogP contribution < -0.4 is 0 Å². The standard InChI is InChI=1S/C26H27N7O2/c1-18(19-7-8-22-20(15-19)5-4-11-27-22)33-26-24(30-31-33)10-9-23(29-26)21-16-28-32(17-21)12-14-35-25-6-2-3-13-34-25/h4-5,7-11,15-18,25H,2-3,6,12-14H2,1H3. The second kappa shape index (κ2) is 9.52. The predicted octanol–water partition coefficient (Wildman–Crippen LogP) is 4.39. The molecule has 0 saturated carbocycles. The molecule has 1 fully saturated rings. The van der Waals surface area contributed by atoms with Crippen molar-refractivity contribution in [2.24, 2.45) is 0 Å². The van der Waals surface area contributed by atoms with Crippen LogP contribution in [0.3, 0.4) is 0 Å². The van der Waals surface area contributed by atoms with Crippen LogP contribution in [0.1, 0.15) is 37.8 Å². The highest BCUT2D eigenvalue weighted by Gasteiger charge is 2.17. The number of hydrogen-bond donors (Lipinski definition) is 0. The third-order valence-electron chi connectivity index (χ3n) is 6.49. The lowest BCUT2D eigenvalue weighted by Crippen LogP contribution is -2.24. The zero-order chi connectivity index (χ0) is 23.6. The summed E-state index contributed by atoms with van der Waals surface area (Å²) >= 11 is 0. The number of pyridine rings is 2. The number of rotatable bonds is 7. The Hall–Kier alpha value is -3.69. The molecule has 1 aliphatic heterocycles. The zero-order valence-electron chi connectivity index (χ0n) is 19.6. The quantitative estimate of drug-likeness (QED) is 0.349. The molecule has 0 spiro atoms. The molecule has 6 rings (SSSR count). The molecule has 2 unspecified atom stereocenters. The van der Waals surface area contributed by atoms with Crippen molar-refractivity contribution < 1.29 is 9.47 Å². The summed E-state index contributed by atoms with van der Waals surface area (Å²) < 4.78 is 15.2. The van der Waals surface area contributed by atoms with Gasteiger partial charge >= 0.3 is 0 Å². The smallest absolute Gasteiger partial charge is 0.179 e. The van der Waals surface area contributed by atoms with Gasteiger partial charge in [0.05, 0.1) is 36.6 Å². The molecule has 0 N–H and O–H groups in total. The molecule has 35 heavy (non-hydrogen) atoms. The first kappa shape index (κ1) is 21.8. The minimum Gasteiger partial charge on any atom is -0.353 e. The molecule has 1 aromatic carbocycles. The summed E-state index contributed by atoms with van der Waals surface area (Å²) in [5, 5.41) is 14.3. The number of fused-ring (bicyclic) bond motifs is 2. The second-order valence-corrected chi connectivity index (χ2v) is 8.86. The van der Waals surface area contributed by atoms with Crippen LogP contribution in [0.5, 0.6) is 0 Å². The third kappa shape index (κ3) is 4.52. The van der Waals surface area contributed by atoms with E-state index in [0.29, 0.717) is 13.2 Å². The van der Waals surface area contributed by atoms with Crippen molar-refractivity contribution in [3.8, 4) is 11.3 Å². The van der Waals surface area contributed by atoms with Gasteiger partial charge in [0.1, 0.15) is 5.52 Å². The van der Waals surface area contributed by atoms with E-state index in [4.69, 9.17) is 14.5 Å². The molecular formula is C26H27N7O2. The largest absolute Gasteiger partial charge is 0.353 e. The Balaban J connectivity index is 1.21. The van der Waals surface area contributed by atoms with Gasteiger partial charge in [0.15, 0.2) is 11.9 Å². The van der Waals surface area contributed by atoms with Gasteiger partial charge in [-0.15, -0.1) is 5.10 Å². The van der Waals surface area contributed by atoms with E-state index < -0.39 is 0 Å². The zero-order valence-corrected chi connectivity index (χ0v) is 19.6. The van der Waals surface area contributed by atoms with E-state index >= 15 is 0 Å². The molecule has 4 aromatic heterocycles. The summed E-state index contributed by atoms with van der Waals surface area (Å²) in [7, 11) is 0. The van der Waals surface area contributed by atoms with Gasteiger partial charge in [0.25, 0.3) is 0 Å². The molecule has 5 heterocycles. The van der Waals surface area contributed by atoms with Crippen LogP contribution in [0.2, 0.25) is 0 Å². The Kier molecular flexibility index (Phi) is 5.93. The molecule has 0 bridgehead atoms. The van der Waals surface area contributed by atoms with Crippen LogP contribution in [0.15, 0.2) is 61.1 Å². The first-order valence-electron chi connectivity index (χ1n) is 12.1. The van der Waals surface area contributed by atoms with Crippen LogP contribution in [0.25, 0.3) is 33.3 Å². The fourth-order valence-corrected chi connectivity index (χ4v) is 4.48. The number of hydrogen-bond acceptors (Lipinski definition) is 7. The highest BCUT2D eigenvalue weighted by Crippen LogP contribution is 2.26. The molecule has 9 nitrogen and oxygen atoms in total. The van der Waals surface area contributed by atoms with E-state index in [1.165, 1.54) is 0 Å². The monoisotopic (exact) mass is 469 g/mol. The number of benzene rings is 1. The Morgan fingerprint density at radius 2 is 2.09 bits per heavy atom. The topological polar surface area (TPSA) is 92.8 Å². The first-order valence-corrected chi connectivity index (χ1v) is 12.1. The van der Waals surface area contributed by atoms with Gasteiger partial charge < -0.3 is 9.47 Å². The lowest BCUT2D eigenvalue weighted by atomic mass is 10.1. The van der Waals surface area contributed by atoms with Crippen LogP contribution >= 0.6 is 0 Å². The average Bonchev–Trinajstić information content (AvgIpc) is 3.55. The molecule has 5 aromatic rings. The maximum absolute atomic E-state index is 5.84. The van der Waals surface area contributed by atoms with Crippen LogP contribution in [-0.4, -0.2) is 54.2 Å². The highest BCUT2D eigenvalue weighted by atomic mass is 16.7. The molecule has 0 radical (unpaired) electrons. The minimum atomic E-state index is -0.0866. The van der Waals surface area contributed by atoms with E-state index in [0.717, 1.165) is 64.8 Å². The normalized spacial score (nSPS) is 17.2. The summed E-state index contributed by atoms with van der Waals surface area (Å²) in [4.78, 5) is 9.32. The first-order chi connectivity index (χ1) is 17.2. The fraction of sp³-hybridized carbons (Fsp3) is 0.346. The summed E-state index contributed by atoms with van der Waals surface area (Å²) in [6.45, 7) is 4.12. The van der Waals surface area contributed by atoms with Gasteiger partial charge in [-0.05, 0) is 62.1 Å².